The quantitative estimate of drug-likeness (QED) is 0.398. The molecule has 31 heavy (non-hydrogen) atoms. The van der Waals surface area contributed by atoms with E-state index in [0.29, 0.717) is 27.0 Å². The predicted octanol–water partition coefficient (Wildman–Crippen LogP) is 5.68. The fourth-order valence-corrected chi connectivity index (χ4v) is 3.62. The second-order valence-corrected chi connectivity index (χ2v) is 9.12. The first-order valence-corrected chi connectivity index (χ1v) is 10.6. The number of carbonyl (C=O) groups excluding carboxylic acids is 1. The van der Waals surface area contributed by atoms with Crippen molar-refractivity contribution in [2.75, 3.05) is 5.32 Å². The molecule has 1 amide bonds. The second kappa shape index (κ2) is 8.47. The van der Waals surface area contributed by atoms with Crippen molar-refractivity contribution in [3.63, 3.8) is 0 Å². The molecular formula is C23H22BrN5O2. The summed E-state index contributed by atoms with van der Waals surface area (Å²) >= 11 is 3.57. The third kappa shape index (κ3) is 4.74. The Kier molecular flexibility index (Phi) is 5.73. The van der Waals surface area contributed by atoms with E-state index < -0.39 is 0 Å². The highest BCUT2D eigenvalue weighted by atomic mass is 79.9. The summed E-state index contributed by atoms with van der Waals surface area (Å²) in [5.74, 6) is 0.508. The number of halogens is 1. The van der Waals surface area contributed by atoms with Crippen LogP contribution in [0.25, 0.3) is 11.0 Å². The summed E-state index contributed by atoms with van der Waals surface area (Å²) in [5, 5.41) is 11.5. The Balaban J connectivity index is 1.60. The fourth-order valence-electron chi connectivity index (χ4n) is 3.10. The zero-order valence-corrected chi connectivity index (χ0v) is 19.0. The number of anilines is 1. The molecule has 0 atom stereocenters. The van der Waals surface area contributed by atoms with Crippen LogP contribution in [0.1, 0.15) is 31.1 Å². The number of pyridine rings is 1. The number of nitrogens with one attached hydrogen (secondary N) is 1. The van der Waals surface area contributed by atoms with Gasteiger partial charge in [-0.15, -0.1) is 5.10 Å². The lowest BCUT2D eigenvalue weighted by Gasteiger charge is -2.18. The number of hydrogen-bond acceptors (Lipinski definition) is 5. The Labute approximate surface area is 188 Å². The summed E-state index contributed by atoms with van der Waals surface area (Å²) in [6, 6.07) is 16.3. The van der Waals surface area contributed by atoms with Gasteiger partial charge in [-0.1, -0.05) is 44.2 Å². The number of amides is 1. The number of aromatic nitrogens is 4. The highest BCUT2D eigenvalue weighted by Crippen LogP contribution is 2.32. The number of carbonyl (C=O) groups is 1. The molecule has 4 rings (SSSR count). The van der Waals surface area contributed by atoms with E-state index >= 15 is 0 Å². The van der Waals surface area contributed by atoms with Gasteiger partial charge in [-0.3, -0.25) is 4.79 Å². The van der Waals surface area contributed by atoms with Gasteiger partial charge in [0.1, 0.15) is 16.8 Å². The third-order valence-corrected chi connectivity index (χ3v) is 5.27. The molecule has 1 N–H and O–H groups in total. The monoisotopic (exact) mass is 479 g/mol. The van der Waals surface area contributed by atoms with Crippen molar-refractivity contribution in [2.45, 2.75) is 27.3 Å². The molecule has 0 bridgehead atoms. The molecule has 0 saturated heterocycles. The minimum absolute atomic E-state index is 0.0649. The summed E-state index contributed by atoms with van der Waals surface area (Å²) in [6.07, 6.45) is 1.59. The standard InChI is InChI=1S/C23H22BrN5O2/c1-23(2,3)14-29-18-12-11-17(19(24)20(18)27-28-29)26-21(30)16-10-7-13-25-22(16)31-15-8-5-4-6-9-15/h4-13H,14H2,1-3H3,(H,26,30). The van der Waals surface area contributed by atoms with Gasteiger partial charge in [0, 0.05) is 12.7 Å². The van der Waals surface area contributed by atoms with Crippen LogP contribution in [-0.4, -0.2) is 25.9 Å². The van der Waals surface area contributed by atoms with Crippen molar-refractivity contribution in [1.29, 1.82) is 0 Å². The first kappa shape index (κ1) is 21.0. The van der Waals surface area contributed by atoms with Gasteiger partial charge in [-0.25, -0.2) is 9.67 Å². The van der Waals surface area contributed by atoms with E-state index in [9.17, 15) is 4.79 Å². The number of fused-ring (bicyclic) bond motifs is 1. The SMILES string of the molecule is CC(C)(C)Cn1nnc2c(Br)c(NC(=O)c3cccnc3Oc3ccccc3)ccc21. The molecule has 2 aromatic heterocycles. The first-order chi connectivity index (χ1) is 14.8. The zero-order chi connectivity index (χ0) is 22.0. The van der Waals surface area contributed by atoms with Crippen molar-refractivity contribution < 1.29 is 9.53 Å². The minimum atomic E-state index is -0.332. The van der Waals surface area contributed by atoms with Crippen LogP contribution < -0.4 is 10.1 Å². The number of nitrogens with zero attached hydrogens (tertiary/aromatic N) is 4. The molecule has 4 aromatic rings. The Morgan fingerprint density at radius 1 is 1.10 bits per heavy atom. The summed E-state index contributed by atoms with van der Waals surface area (Å²) in [4.78, 5) is 17.2. The molecule has 0 aliphatic carbocycles. The number of para-hydroxylation sites is 1. The minimum Gasteiger partial charge on any atom is -0.438 e. The van der Waals surface area contributed by atoms with Crippen molar-refractivity contribution in [3.05, 3.63) is 70.8 Å². The van der Waals surface area contributed by atoms with Crippen molar-refractivity contribution in [2.24, 2.45) is 5.41 Å². The van der Waals surface area contributed by atoms with Gasteiger partial charge in [0.15, 0.2) is 0 Å². The molecule has 0 saturated carbocycles. The van der Waals surface area contributed by atoms with Crippen LogP contribution in [0.5, 0.6) is 11.6 Å². The van der Waals surface area contributed by atoms with Crippen molar-refractivity contribution in [3.8, 4) is 11.6 Å². The van der Waals surface area contributed by atoms with E-state index in [2.05, 4.69) is 57.3 Å². The lowest BCUT2D eigenvalue weighted by molar-refractivity contribution is 0.102. The molecule has 0 aliphatic rings. The van der Waals surface area contributed by atoms with Gasteiger partial charge < -0.3 is 10.1 Å². The average Bonchev–Trinajstić information content (AvgIpc) is 3.13. The molecule has 8 heteroatoms. The molecule has 7 nitrogen and oxygen atoms in total. The first-order valence-electron chi connectivity index (χ1n) is 9.83. The molecule has 0 fully saturated rings. The van der Waals surface area contributed by atoms with Crippen LogP contribution in [0.15, 0.2) is 65.3 Å². The lowest BCUT2D eigenvalue weighted by atomic mass is 9.97. The van der Waals surface area contributed by atoms with E-state index in [1.165, 1.54) is 0 Å². The molecule has 158 valence electrons. The number of ether oxygens (including phenoxy) is 1. The van der Waals surface area contributed by atoms with Crippen LogP contribution in [0, 0.1) is 5.41 Å². The van der Waals surface area contributed by atoms with E-state index in [-0.39, 0.29) is 17.2 Å². The van der Waals surface area contributed by atoms with E-state index in [1.54, 1.807) is 18.3 Å². The predicted molar refractivity (Wildman–Crippen MR) is 123 cm³/mol. The maximum absolute atomic E-state index is 13.0. The summed E-state index contributed by atoms with van der Waals surface area (Å²) < 4.78 is 8.36. The molecule has 0 unspecified atom stereocenters. The number of benzene rings is 2. The van der Waals surface area contributed by atoms with Gasteiger partial charge in [0.2, 0.25) is 5.88 Å². The normalized spacial score (nSPS) is 11.5. The highest BCUT2D eigenvalue weighted by Gasteiger charge is 2.19. The fraction of sp³-hybridized carbons (Fsp3) is 0.217. The van der Waals surface area contributed by atoms with Crippen molar-refractivity contribution in [1.82, 2.24) is 20.0 Å². The Hall–Kier alpha value is -3.26. The largest absolute Gasteiger partial charge is 0.438 e. The number of hydrogen-bond donors (Lipinski definition) is 1. The average molecular weight is 480 g/mol. The zero-order valence-electron chi connectivity index (χ0n) is 17.5. The Bertz CT molecular complexity index is 1230. The molecule has 2 heterocycles. The highest BCUT2D eigenvalue weighted by molar-refractivity contribution is 9.10. The van der Waals surface area contributed by atoms with E-state index in [1.807, 2.05) is 47.1 Å². The topological polar surface area (TPSA) is 81.9 Å². The molecule has 0 aliphatic heterocycles. The maximum atomic E-state index is 13.0. The smallest absolute Gasteiger partial charge is 0.261 e. The molecule has 0 spiro atoms. The number of rotatable bonds is 5. The van der Waals surface area contributed by atoms with Gasteiger partial charge in [-0.2, -0.15) is 0 Å². The van der Waals surface area contributed by atoms with Gasteiger partial charge >= 0.3 is 0 Å². The van der Waals surface area contributed by atoms with Crippen LogP contribution in [0.3, 0.4) is 0 Å². The van der Waals surface area contributed by atoms with E-state index in [0.717, 1.165) is 12.1 Å². The van der Waals surface area contributed by atoms with Gasteiger partial charge in [-0.05, 0) is 57.7 Å². The summed E-state index contributed by atoms with van der Waals surface area (Å²) in [7, 11) is 0. The van der Waals surface area contributed by atoms with Crippen LogP contribution in [0.4, 0.5) is 5.69 Å². The third-order valence-electron chi connectivity index (χ3n) is 4.47. The maximum Gasteiger partial charge on any atom is 0.261 e. The summed E-state index contributed by atoms with van der Waals surface area (Å²) in [6.45, 7) is 7.17. The summed E-state index contributed by atoms with van der Waals surface area (Å²) in [5.41, 5.74) is 2.57. The molecular weight excluding hydrogens is 458 g/mol. The Morgan fingerprint density at radius 3 is 2.61 bits per heavy atom. The van der Waals surface area contributed by atoms with Gasteiger partial charge in [0.05, 0.1) is 15.7 Å². The van der Waals surface area contributed by atoms with Crippen molar-refractivity contribution >= 4 is 38.6 Å². The van der Waals surface area contributed by atoms with Crippen LogP contribution in [0.2, 0.25) is 0 Å². The molecule has 0 radical (unpaired) electrons. The molecule has 2 aromatic carbocycles. The van der Waals surface area contributed by atoms with E-state index in [4.69, 9.17) is 4.74 Å². The van der Waals surface area contributed by atoms with Crippen LogP contribution >= 0.6 is 15.9 Å². The second-order valence-electron chi connectivity index (χ2n) is 8.33. The Morgan fingerprint density at radius 2 is 1.87 bits per heavy atom. The van der Waals surface area contributed by atoms with Gasteiger partial charge in [0.25, 0.3) is 5.91 Å². The van der Waals surface area contributed by atoms with Crippen LogP contribution in [-0.2, 0) is 6.54 Å². The lowest BCUT2D eigenvalue weighted by Crippen LogP contribution is -2.16.